The molecule has 11 atom stereocenters. The molecule has 8 N–H and O–H groups in total. The minimum Gasteiger partial charge on any atom is -0.756 e. The van der Waals surface area contributed by atoms with Crippen LogP contribution in [-0.4, -0.2) is 92.2 Å². The van der Waals surface area contributed by atoms with Crippen molar-refractivity contribution in [2.45, 2.75) is 62.0 Å². The number of aromatic amines is 1. The Balaban J connectivity index is 1.68. The maximum Gasteiger partial charge on any atom is 0.330 e. The van der Waals surface area contributed by atoms with Gasteiger partial charge in [-0.15, -0.1) is 0 Å². The van der Waals surface area contributed by atoms with Gasteiger partial charge in [-0.05, 0) is 0 Å². The first-order valence-electron chi connectivity index (χ1n) is 11.1. The molecular formula is C17H24N4O17P2-2. The van der Waals surface area contributed by atoms with Crippen molar-refractivity contribution in [3.63, 3.8) is 0 Å². The molecule has 0 bridgehead atoms. The van der Waals surface area contributed by atoms with E-state index in [2.05, 4.69) is 24.4 Å². The van der Waals surface area contributed by atoms with E-state index in [-0.39, 0.29) is 0 Å². The molecule has 0 saturated carbocycles. The third-order valence-corrected chi connectivity index (χ3v) is 8.21. The van der Waals surface area contributed by atoms with Crippen LogP contribution in [0, 0.1) is 0 Å². The average molecular weight is 618 g/mol. The summed E-state index contributed by atoms with van der Waals surface area (Å²) < 4.78 is 48.1. The highest BCUT2D eigenvalue weighted by atomic mass is 31.3. The smallest absolute Gasteiger partial charge is 0.330 e. The number of phosphoric ester groups is 2. The number of aromatic nitrogens is 2. The number of aliphatic carboxylic acids is 1. The number of hydrogen-bond acceptors (Lipinski definition) is 17. The molecule has 3 rings (SSSR count). The Kier molecular flexibility index (Phi) is 9.85. The molecule has 40 heavy (non-hydrogen) atoms. The predicted octanol–water partition coefficient (Wildman–Crippen LogP) is -7.91. The summed E-state index contributed by atoms with van der Waals surface area (Å²) in [6, 6.07) is -2.16. The normalized spacial score (nSPS) is 35.4. The van der Waals surface area contributed by atoms with Gasteiger partial charge in [0.2, 0.25) is 5.91 Å². The van der Waals surface area contributed by atoms with Crippen LogP contribution in [0.5, 0.6) is 0 Å². The van der Waals surface area contributed by atoms with Gasteiger partial charge in [-0.3, -0.25) is 32.8 Å². The molecule has 1 amide bonds. The van der Waals surface area contributed by atoms with Crippen LogP contribution in [0.2, 0.25) is 0 Å². The summed E-state index contributed by atoms with van der Waals surface area (Å²) >= 11 is 0. The number of carboxylic acids is 1. The van der Waals surface area contributed by atoms with Gasteiger partial charge in [0.05, 0.1) is 12.6 Å². The number of rotatable bonds is 10. The standard InChI is InChI=1S/C17H26N4O17P2/c1-5(22)19-9-8(18)11(25)13(15(27)28)36-16(9)37-40(32,33)38-39(30,31)34-4-6-10(24)12(26)14(35-6)21-3-2-7(23)20-17(21)29/h2-3,6,8-14,16,24-26H,4,18H2,1H3,(H,19,22)(H,27,28)(H,30,31)(H,32,33)(H,20,23,29)/p-2/t6-,8-,9-,10-,11+,12-,13+,14-,16-/m1/s1. The Bertz CT molecular complexity index is 1320. The molecule has 2 aliphatic rings. The van der Waals surface area contributed by atoms with Gasteiger partial charge in [-0.2, -0.15) is 0 Å². The van der Waals surface area contributed by atoms with Crippen molar-refractivity contribution >= 4 is 27.5 Å². The molecule has 0 radical (unpaired) electrons. The predicted molar refractivity (Wildman–Crippen MR) is 115 cm³/mol. The fraction of sp³-hybridized carbons (Fsp3) is 0.647. The van der Waals surface area contributed by atoms with Crippen LogP contribution in [0.3, 0.4) is 0 Å². The number of phosphoric acid groups is 2. The number of hydrogen-bond donors (Lipinski definition) is 6. The fourth-order valence-electron chi connectivity index (χ4n) is 3.83. The number of H-pyrrole nitrogens is 1. The van der Waals surface area contributed by atoms with Crippen LogP contribution in [0.15, 0.2) is 21.9 Å². The van der Waals surface area contributed by atoms with Crippen molar-refractivity contribution < 1.29 is 77.5 Å². The lowest BCUT2D eigenvalue weighted by atomic mass is 9.95. The number of carboxylic acid groups (broad SMARTS) is 1. The molecule has 2 fully saturated rings. The van der Waals surface area contributed by atoms with Crippen LogP contribution in [0.25, 0.3) is 0 Å². The summed E-state index contributed by atoms with van der Waals surface area (Å²) in [5.41, 5.74) is 1.63. The number of nitrogens with zero attached hydrogens (tertiary/aromatic N) is 1. The molecule has 2 unspecified atom stereocenters. The first kappa shape index (κ1) is 32.2. The average Bonchev–Trinajstić information content (AvgIpc) is 3.09. The summed E-state index contributed by atoms with van der Waals surface area (Å²) in [7, 11) is -11.9. The van der Waals surface area contributed by atoms with Gasteiger partial charge in [-0.25, -0.2) is 9.11 Å². The lowest BCUT2D eigenvalue weighted by Crippen LogP contribution is -2.82. The van der Waals surface area contributed by atoms with Gasteiger partial charge >= 0.3 is 5.69 Å². The number of ether oxygens (including phenoxy) is 2. The lowest BCUT2D eigenvalue weighted by Gasteiger charge is -2.43. The third kappa shape index (κ3) is 7.47. The molecule has 2 aliphatic heterocycles. The second kappa shape index (κ2) is 12.2. The van der Waals surface area contributed by atoms with Gasteiger partial charge in [0.1, 0.15) is 42.6 Å². The van der Waals surface area contributed by atoms with E-state index in [9.17, 15) is 58.5 Å². The highest BCUT2D eigenvalue weighted by Gasteiger charge is 2.49. The molecule has 21 nitrogen and oxygen atoms in total. The Hall–Kier alpha value is -2.36. The summed E-state index contributed by atoms with van der Waals surface area (Å²) in [5.74, 6) is -2.82. The second-order valence-electron chi connectivity index (χ2n) is 8.57. The van der Waals surface area contributed by atoms with Crippen molar-refractivity contribution in [2.24, 2.45) is 0 Å². The molecule has 2 saturated heterocycles. The van der Waals surface area contributed by atoms with Crippen molar-refractivity contribution in [3.05, 3.63) is 33.1 Å². The van der Waals surface area contributed by atoms with Gasteiger partial charge in [-0.1, -0.05) is 0 Å². The molecule has 1 aromatic heterocycles. The first-order chi connectivity index (χ1) is 18.4. The minimum atomic E-state index is -6.01. The van der Waals surface area contributed by atoms with Gasteiger partial charge in [0.25, 0.3) is 21.2 Å². The number of carbonyl (C=O) groups excluding carboxylic acids is 2. The van der Waals surface area contributed by atoms with Crippen molar-refractivity contribution in [2.75, 3.05) is 6.61 Å². The minimum absolute atomic E-state index is 0.685. The molecule has 226 valence electrons. The zero-order valence-electron chi connectivity index (χ0n) is 20.2. The molecule has 0 aromatic carbocycles. The van der Waals surface area contributed by atoms with Gasteiger partial charge in [0.15, 0.2) is 12.5 Å². The monoisotopic (exact) mass is 618 g/mol. The van der Waals surface area contributed by atoms with Crippen LogP contribution < -0.4 is 37.2 Å². The maximum atomic E-state index is 12.3. The van der Waals surface area contributed by atoms with E-state index >= 15 is 0 Å². The van der Waals surface area contributed by atoms with Crippen molar-refractivity contribution in [3.8, 4) is 0 Å². The largest absolute Gasteiger partial charge is 0.756 e. The first-order valence-corrected chi connectivity index (χ1v) is 14.0. The van der Waals surface area contributed by atoms with E-state index in [1.165, 1.54) is 0 Å². The van der Waals surface area contributed by atoms with Crippen LogP contribution >= 0.6 is 15.6 Å². The number of amides is 1. The Morgan fingerprint density at radius 3 is 2.38 bits per heavy atom. The molecule has 0 aliphatic carbocycles. The van der Waals surface area contributed by atoms with E-state index in [4.69, 9.17) is 9.47 Å². The quantitative estimate of drug-likeness (QED) is 0.133. The summed E-state index contributed by atoms with van der Waals surface area (Å²) in [4.78, 5) is 72.3. The van der Waals surface area contributed by atoms with Crippen molar-refractivity contribution in [1.29, 1.82) is 0 Å². The third-order valence-electron chi connectivity index (χ3n) is 5.68. The van der Waals surface area contributed by atoms with E-state index < -0.39 is 100 Å². The lowest BCUT2D eigenvalue weighted by molar-refractivity contribution is -0.472. The van der Waals surface area contributed by atoms with Crippen LogP contribution in [0.4, 0.5) is 0 Å². The van der Waals surface area contributed by atoms with E-state index in [0.29, 0.717) is 4.57 Å². The van der Waals surface area contributed by atoms with Crippen molar-refractivity contribution in [1.82, 2.24) is 14.9 Å². The summed E-state index contributed by atoms with van der Waals surface area (Å²) in [6.07, 6.45) is -12.4. The number of quaternary nitrogens is 1. The van der Waals surface area contributed by atoms with Gasteiger partial charge < -0.3 is 60.1 Å². The van der Waals surface area contributed by atoms with E-state index in [1.807, 2.05) is 4.98 Å². The zero-order valence-corrected chi connectivity index (χ0v) is 22.0. The second-order valence-corrected chi connectivity index (χ2v) is 11.5. The SMILES string of the molecule is CC(=O)N[C@H]1[C@@H](OP(=O)([O-])OP(=O)([O-])OC[C@H]2O[C@@H](n3ccc(=O)[nH]c3=O)[C@H](O)[C@@H]2O)O[C@H](C(=O)[O-])[C@@H](O)[C@@H]1[NH3+]. The topological polar surface area (TPSA) is 339 Å². The van der Waals surface area contributed by atoms with E-state index in [1.54, 1.807) is 0 Å². The highest BCUT2D eigenvalue weighted by Crippen LogP contribution is 2.57. The van der Waals surface area contributed by atoms with Crippen LogP contribution in [-0.2, 0) is 41.6 Å². The zero-order chi connectivity index (χ0) is 30.2. The number of aliphatic hydroxyl groups is 3. The van der Waals surface area contributed by atoms with Crippen LogP contribution in [0.1, 0.15) is 13.2 Å². The maximum absolute atomic E-state index is 12.3. The molecule has 0 spiro atoms. The van der Waals surface area contributed by atoms with Gasteiger partial charge in [0, 0.05) is 19.2 Å². The molecule has 23 heteroatoms. The molecule has 3 heterocycles. The summed E-state index contributed by atoms with van der Waals surface area (Å²) in [6.45, 7) is -0.176. The fourth-order valence-corrected chi connectivity index (χ4v) is 5.91. The highest BCUT2D eigenvalue weighted by molar-refractivity contribution is 7.59. The van der Waals surface area contributed by atoms with E-state index in [0.717, 1.165) is 19.2 Å². The molecule has 1 aromatic rings. The Morgan fingerprint density at radius 2 is 1.80 bits per heavy atom. The Labute approximate surface area is 222 Å². The number of carbonyl (C=O) groups is 2. The summed E-state index contributed by atoms with van der Waals surface area (Å²) in [5, 5.41) is 43.7. The number of aliphatic hydroxyl groups excluding tert-OH is 3. The Morgan fingerprint density at radius 1 is 1.15 bits per heavy atom. The number of nitrogens with one attached hydrogen (secondary N) is 2. The molecular weight excluding hydrogens is 594 g/mol.